The molecular formula is C15H19NO6. The van der Waals surface area contributed by atoms with Crippen molar-refractivity contribution in [2.24, 2.45) is 5.16 Å². The van der Waals surface area contributed by atoms with Gasteiger partial charge in [-0.1, -0.05) is 11.2 Å². The predicted octanol–water partition coefficient (Wildman–Crippen LogP) is 2.27. The number of hydrogen-bond acceptors (Lipinski definition) is 7. The van der Waals surface area contributed by atoms with Gasteiger partial charge in [0.2, 0.25) is 6.29 Å². The van der Waals surface area contributed by atoms with E-state index in [-0.39, 0.29) is 0 Å². The summed E-state index contributed by atoms with van der Waals surface area (Å²) in [5.41, 5.74) is 1.19. The first-order chi connectivity index (χ1) is 10.6. The molecule has 1 aliphatic rings. The Kier molecular flexibility index (Phi) is 5.21. The third-order valence-corrected chi connectivity index (χ3v) is 3.36. The molecule has 0 amide bonds. The van der Waals surface area contributed by atoms with E-state index in [4.69, 9.17) is 24.2 Å². The summed E-state index contributed by atoms with van der Waals surface area (Å²) in [5, 5.41) is 12.5. The molecule has 1 heterocycles. The minimum atomic E-state index is -0.666. The van der Waals surface area contributed by atoms with Crippen molar-refractivity contribution in [3.63, 3.8) is 0 Å². The number of carbonyl (C=O) groups excluding carboxylic acids is 1. The van der Waals surface area contributed by atoms with Crippen molar-refractivity contribution < 1.29 is 28.9 Å². The molecular weight excluding hydrogens is 290 g/mol. The molecule has 0 radical (unpaired) electrons. The topological polar surface area (TPSA) is 86.6 Å². The normalized spacial score (nSPS) is 23.1. The smallest absolute Gasteiger partial charge is 0.304 e. The Hall–Kier alpha value is -2.28. The number of methoxy groups -OCH3 is 2. The van der Waals surface area contributed by atoms with Gasteiger partial charge in [0.15, 0.2) is 11.5 Å². The van der Waals surface area contributed by atoms with Gasteiger partial charge in [0, 0.05) is 13.3 Å². The maximum absolute atomic E-state index is 11.1. The molecule has 0 aromatic heterocycles. The molecule has 7 nitrogen and oxygen atoms in total. The molecule has 2 atom stereocenters. The molecule has 1 aromatic rings. The molecule has 1 fully saturated rings. The maximum Gasteiger partial charge on any atom is 0.304 e. The molecule has 2 rings (SSSR count). The third-order valence-electron chi connectivity index (χ3n) is 3.36. The molecule has 0 bridgehead atoms. The summed E-state index contributed by atoms with van der Waals surface area (Å²) in [7, 11) is 3.08. The average Bonchev–Trinajstić information content (AvgIpc) is 2.53. The van der Waals surface area contributed by atoms with Crippen LogP contribution in [0.3, 0.4) is 0 Å². The van der Waals surface area contributed by atoms with Crippen LogP contribution in [0.4, 0.5) is 0 Å². The zero-order valence-corrected chi connectivity index (χ0v) is 12.7. The number of rotatable bonds is 4. The number of esters is 1. The maximum atomic E-state index is 11.1. The zero-order chi connectivity index (χ0) is 16.1. The second-order valence-electron chi connectivity index (χ2n) is 4.80. The Morgan fingerprint density at radius 3 is 2.64 bits per heavy atom. The van der Waals surface area contributed by atoms with Crippen molar-refractivity contribution >= 4 is 11.7 Å². The van der Waals surface area contributed by atoms with E-state index in [0.717, 1.165) is 5.56 Å². The van der Waals surface area contributed by atoms with Gasteiger partial charge in [0.25, 0.3) is 0 Å². The lowest BCUT2D eigenvalue weighted by Crippen LogP contribution is -2.32. The van der Waals surface area contributed by atoms with E-state index in [1.807, 2.05) is 0 Å². The molecule has 2 unspecified atom stereocenters. The van der Waals surface area contributed by atoms with Crippen LogP contribution in [-0.2, 0) is 14.3 Å². The fraction of sp³-hybridized carbons (Fsp3) is 0.467. The van der Waals surface area contributed by atoms with Crippen molar-refractivity contribution in [2.45, 2.75) is 32.2 Å². The van der Waals surface area contributed by atoms with E-state index < -0.39 is 18.4 Å². The standard InChI is InChI=1S/C15H19NO6/c1-9(17)21-14-7-5-11(16-18)15(22-14)10-4-6-12(19-2)13(8-10)20-3/h4,6,8,14-15,18H,5,7H2,1-3H3. The first kappa shape index (κ1) is 16.1. The summed E-state index contributed by atoms with van der Waals surface area (Å²) in [6.45, 7) is 1.32. The number of nitrogens with zero attached hydrogens (tertiary/aromatic N) is 1. The molecule has 1 aromatic carbocycles. The average molecular weight is 309 g/mol. The van der Waals surface area contributed by atoms with E-state index in [2.05, 4.69) is 5.16 Å². The fourth-order valence-corrected chi connectivity index (χ4v) is 2.36. The number of carbonyl (C=O) groups is 1. The third kappa shape index (κ3) is 3.48. The Balaban J connectivity index is 2.28. The van der Waals surface area contributed by atoms with Crippen molar-refractivity contribution in [3.8, 4) is 11.5 Å². The number of hydrogen-bond donors (Lipinski definition) is 1. The van der Waals surface area contributed by atoms with E-state index in [1.54, 1.807) is 25.3 Å². The number of oxime groups is 1. The SMILES string of the molecule is COc1ccc(C2OC(OC(C)=O)CCC2=NO)cc1OC. The molecule has 120 valence electrons. The van der Waals surface area contributed by atoms with E-state index in [9.17, 15) is 4.79 Å². The Morgan fingerprint density at radius 1 is 1.32 bits per heavy atom. The summed E-state index contributed by atoms with van der Waals surface area (Å²) >= 11 is 0. The van der Waals surface area contributed by atoms with Crippen molar-refractivity contribution in [3.05, 3.63) is 23.8 Å². The van der Waals surface area contributed by atoms with Gasteiger partial charge in [-0.3, -0.25) is 4.79 Å². The van der Waals surface area contributed by atoms with Crippen molar-refractivity contribution in [1.29, 1.82) is 0 Å². The molecule has 7 heteroatoms. The summed E-state index contributed by atoms with van der Waals surface area (Å²) in [6, 6.07) is 5.26. The van der Waals surface area contributed by atoms with Crippen LogP contribution in [0.1, 0.15) is 31.4 Å². The molecule has 0 spiro atoms. The highest BCUT2D eigenvalue weighted by atomic mass is 16.7. The van der Waals surface area contributed by atoms with Crippen LogP contribution < -0.4 is 9.47 Å². The van der Waals surface area contributed by atoms with Crippen LogP contribution in [0.2, 0.25) is 0 Å². The monoisotopic (exact) mass is 309 g/mol. The van der Waals surface area contributed by atoms with Gasteiger partial charge in [0.05, 0.1) is 19.9 Å². The van der Waals surface area contributed by atoms with Gasteiger partial charge in [-0.15, -0.1) is 0 Å². The lowest BCUT2D eigenvalue weighted by Gasteiger charge is -2.30. The van der Waals surface area contributed by atoms with Crippen molar-refractivity contribution in [1.82, 2.24) is 0 Å². The molecule has 1 aliphatic heterocycles. The van der Waals surface area contributed by atoms with Crippen LogP contribution in [0.25, 0.3) is 0 Å². The largest absolute Gasteiger partial charge is 0.493 e. The molecule has 1 N–H and O–H groups in total. The van der Waals surface area contributed by atoms with Crippen LogP contribution in [0, 0.1) is 0 Å². The van der Waals surface area contributed by atoms with E-state index in [0.29, 0.717) is 30.1 Å². The van der Waals surface area contributed by atoms with Crippen LogP contribution in [0.15, 0.2) is 23.4 Å². The minimum Gasteiger partial charge on any atom is -0.493 e. The Labute approximate surface area is 128 Å². The minimum absolute atomic E-state index is 0.416. The first-order valence-electron chi connectivity index (χ1n) is 6.84. The molecule has 0 aliphatic carbocycles. The lowest BCUT2D eigenvalue weighted by molar-refractivity contribution is -0.187. The first-order valence-corrected chi connectivity index (χ1v) is 6.84. The number of benzene rings is 1. The van der Waals surface area contributed by atoms with E-state index >= 15 is 0 Å². The second kappa shape index (κ2) is 7.13. The van der Waals surface area contributed by atoms with Crippen LogP contribution >= 0.6 is 0 Å². The zero-order valence-electron chi connectivity index (χ0n) is 12.7. The Bertz CT molecular complexity index is 571. The highest BCUT2D eigenvalue weighted by Gasteiger charge is 2.31. The fourth-order valence-electron chi connectivity index (χ4n) is 2.36. The number of ether oxygens (including phenoxy) is 4. The van der Waals surface area contributed by atoms with Gasteiger partial charge in [-0.2, -0.15) is 0 Å². The van der Waals surface area contributed by atoms with Gasteiger partial charge in [-0.25, -0.2) is 0 Å². The van der Waals surface area contributed by atoms with Crippen LogP contribution in [-0.4, -0.2) is 37.4 Å². The highest BCUT2D eigenvalue weighted by molar-refractivity contribution is 5.90. The van der Waals surface area contributed by atoms with Gasteiger partial charge in [-0.05, 0) is 24.1 Å². The second-order valence-corrected chi connectivity index (χ2v) is 4.80. The molecule has 0 saturated carbocycles. The summed E-state index contributed by atoms with van der Waals surface area (Å²) < 4.78 is 21.3. The van der Waals surface area contributed by atoms with Gasteiger partial charge in [0.1, 0.15) is 6.10 Å². The quantitative estimate of drug-likeness (QED) is 0.521. The summed E-state index contributed by atoms with van der Waals surface area (Å²) in [5.74, 6) is 0.706. The predicted molar refractivity (Wildman–Crippen MR) is 77.4 cm³/mol. The molecule has 1 saturated heterocycles. The van der Waals surface area contributed by atoms with Crippen LogP contribution in [0.5, 0.6) is 11.5 Å². The summed E-state index contributed by atoms with van der Waals surface area (Å²) in [6.07, 6.45) is -0.361. The van der Waals surface area contributed by atoms with Gasteiger partial charge >= 0.3 is 5.97 Å². The molecule has 22 heavy (non-hydrogen) atoms. The Morgan fingerprint density at radius 2 is 2.05 bits per heavy atom. The highest BCUT2D eigenvalue weighted by Crippen LogP contribution is 2.35. The summed E-state index contributed by atoms with van der Waals surface area (Å²) in [4.78, 5) is 11.1. The van der Waals surface area contributed by atoms with E-state index in [1.165, 1.54) is 14.0 Å². The lowest BCUT2D eigenvalue weighted by atomic mass is 9.98. The van der Waals surface area contributed by atoms with Gasteiger partial charge < -0.3 is 24.2 Å². The van der Waals surface area contributed by atoms with Crippen molar-refractivity contribution in [2.75, 3.05) is 14.2 Å².